The molecule has 3 heteroatoms. The van der Waals surface area contributed by atoms with Gasteiger partial charge in [0.15, 0.2) is 0 Å². The second kappa shape index (κ2) is 3.28. The van der Waals surface area contributed by atoms with E-state index in [9.17, 15) is 0 Å². The first-order chi connectivity index (χ1) is 6.16. The quantitative estimate of drug-likeness (QED) is 0.650. The molecular weight excluding hydrogens is 249 g/mol. The van der Waals surface area contributed by atoms with Crippen LogP contribution in [0.5, 0.6) is 0 Å². The molecule has 0 saturated carbocycles. The Bertz CT molecular complexity index is 468. The van der Waals surface area contributed by atoms with Gasteiger partial charge in [-0.15, -0.1) is 0 Å². The zero-order chi connectivity index (χ0) is 9.42. The van der Waals surface area contributed by atoms with E-state index in [1.807, 2.05) is 31.2 Å². The van der Waals surface area contributed by atoms with E-state index < -0.39 is 0 Å². The maximum Gasteiger partial charge on any atom is 0.132 e. The summed E-state index contributed by atoms with van der Waals surface area (Å²) in [7, 11) is 0. The van der Waals surface area contributed by atoms with Gasteiger partial charge in [0, 0.05) is 9.86 Å². The van der Waals surface area contributed by atoms with Crippen LogP contribution in [0.2, 0.25) is 5.15 Å². The molecule has 1 nitrogen and oxygen atoms in total. The highest BCUT2D eigenvalue weighted by Gasteiger charge is 2.00. The fourth-order valence-corrected chi connectivity index (χ4v) is 1.75. The summed E-state index contributed by atoms with van der Waals surface area (Å²) in [6.07, 6.45) is 0. The van der Waals surface area contributed by atoms with E-state index >= 15 is 0 Å². The SMILES string of the molecule is Cc1cc2cc(Br)ccc2nc1Cl. The predicted molar refractivity (Wildman–Crippen MR) is 59.2 cm³/mol. The molecule has 0 amide bonds. The zero-order valence-corrected chi connectivity index (χ0v) is 9.35. The molecule has 66 valence electrons. The molecule has 2 rings (SSSR count). The van der Waals surface area contributed by atoms with Crippen molar-refractivity contribution in [2.75, 3.05) is 0 Å². The molecule has 1 heterocycles. The van der Waals surface area contributed by atoms with Crippen molar-refractivity contribution in [2.24, 2.45) is 0 Å². The van der Waals surface area contributed by atoms with Crippen molar-refractivity contribution in [3.05, 3.63) is 39.5 Å². The molecule has 0 fully saturated rings. The van der Waals surface area contributed by atoms with Crippen molar-refractivity contribution < 1.29 is 0 Å². The highest BCUT2D eigenvalue weighted by molar-refractivity contribution is 9.10. The summed E-state index contributed by atoms with van der Waals surface area (Å²) in [5, 5.41) is 1.69. The third-order valence-electron chi connectivity index (χ3n) is 1.91. The molecule has 0 saturated heterocycles. The summed E-state index contributed by atoms with van der Waals surface area (Å²) in [6.45, 7) is 1.95. The molecule has 0 aliphatic rings. The molecule has 0 spiro atoms. The van der Waals surface area contributed by atoms with Gasteiger partial charge in [0.2, 0.25) is 0 Å². The van der Waals surface area contributed by atoms with E-state index in [1.165, 1.54) is 0 Å². The minimum Gasteiger partial charge on any atom is -0.236 e. The number of nitrogens with zero attached hydrogens (tertiary/aromatic N) is 1. The Morgan fingerprint density at radius 2 is 2.08 bits per heavy atom. The van der Waals surface area contributed by atoms with E-state index in [-0.39, 0.29) is 0 Å². The lowest BCUT2D eigenvalue weighted by atomic mass is 10.2. The van der Waals surface area contributed by atoms with Gasteiger partial charge < -0.3 is 0 Å². The third kappa shape index (κ3) is 1.69. The van der Waals surface area contributed by atoms with Crippen LogP contribution in [0.1, 0.15) is 5.56 Å². The first kappa shape index (κ1) is 8.97. The number of aryl methyl sites for hydroxylation is 1. The highest BCUT2D eigenvalue weighted by atomic mass is 79.9. The Balaban J connectivity index is 2.81. The predicted octanol–water partition coefficient (Wildman–Crippen LogP) is 3.96. The average molecular weight is 257 g/mol. The lowest BCUT2D eigenvalue weighted by molar-refractivity contribution is 1.33. The molecule has 0 N–H and O–H groups in total. The number of pyridine rings is 1. The Morgan fingerprint density at radius 1 is 1.31 bits per heavy atom. The van der Waals surface area contributed by atoms with Crippen LogP contribution in [0.15, 0.2) is 28.7 Å². The number of aromatic nitrogens is 1. The molecule has 0 radical (unpaired) electrons. The Labute approximate surface area is 89.9 Å². The van der Waals surface area contributed by atoms with Crippen molar-refractivity contribution in [2.45, 2.75) is 6.92 Å². The van der Waals surface area contributed by atoms with Crippen molar-refractivity contribution in [3.63, 3.8) is 0 Å². The number of hydrogen-bond donors (Lipinski definition) is 0. The normalized spacial score (nSPS) is 10.7. The Hall–Kier alpha value is -0.600. The first-order valence-electron chi connectivity index (χ1n) is 3.89. The Kier molecular flexibility index (Phi) is 2.26. The molecule has 13 heavy (non-hydrogen) atoms. The summed E-state index contributed by atoms with van der Waals surface area (Å²) in [4.78, 5) is 4.26. The first-order valence-corrected chi connectivity index (χ1v) is 5.06. The van der Waals surface area contributed by atoms with Crippen LogP contribution in [0.3, 0.4) is 0 Å². The summed E-state index contributed by atoms with van der Waals surface area (Å²) < 4.78 is 1.06. The molecule has 0 aliphatic carbocycles. The van der Waals surface area contributed by atoms with E-state index in [4.69, 9.17) is 11.6 Å². The molecular formula is C10H7BrClN. The zero-order valence-electron chi connectivity index (χ0n) is 7.01. The number of hydrogen-bond acceptors (Lipinski definition) is 1. The second-order valence-corrected chi connectivity index (χ2v) is 4.21. The minimum atomic E-state index is 0.579. The summed E-state index contributed by atoms with van der Waals surface area (Å²) >= 11 is 9.32. The summed E-state index contributed by atoms with van der Waals surface area (Å²) in [5.41, 5.74) is 1.94. The van der Waals surface area contributed by atoms with Gasteiger partial charge in [-0.25, -0.2) is 4.98 Å². The van der Waals surface area contributed by atoms with Gasteiger partial charge >= 0.3 is 0 Å². The number of halogens is 2. The highest BCUT2D eigenvalue weighted by Crippen LogP contribution is 2.22. The number of rotatable bonds is 0. The van der Waals surface area contributed by atoms with Crippen LogP contribution in [-0.4, -0.2) is 4.98 Å². The van der Waals surface area contributed by atoms with E-state index in [1.54, 1.807) is 0 Å². The van der Waals surface area contributed by atoms with Gasteiger partial charge in [-0.2, -0.15) is 0 Å². The minimum absolute atomic E-state index is 0.579. The largest absolute Gasteiger partial charge is 0.236 e. The van der Waals surface area contributed by atoms with Gasteiger partial charge in [-0.05, 0) is 36.8 Å². The van der Waals surface area contributed by atoms with Gasteiger partial charge in [-0.1, -0.05) is 27.5 Å². The molecule has 0 atom stereocenters. The van der Waals surface area contributed by atoms with Crippen LogP contribution in [-0.2, 0) is 0 Å². The molecule has 1 aromatic heterocycles. The third-order valence-corrected chi connectivity index (χ3v) is 2.78. The monoisotopic (exact) mass is 255 g/mol. The van der Waals surface area contributed by atoms with Crippen LogP contribution < -0.4 is 0 Å². The van der Waals surface area contributed by atoms with Gasteiger partial charge in [-0.3, -0.25) is 0 Å². The van der Waals surface area contributed by atoms with Crippen molar-refractivity contribution in [1.29, 1.82) is 0 Å². The van der Waals surface area contributed by atoms with E-state index in [0.717, 1.165) is 20.9 Å². The van der Waals surface area contributed by atoms with Crippen LogP contribution >= 0.6 is 27.5 Å². The lowest BCUT2D eigenvalue weighted by Crippen LogP contribution is -1.83. The van der Waals surface area contributed by atoms with Crippen LogP contribution in [0, 0.1) is 6.92 Å². The van der Waals surface area contributed by atoms with Crippen molar-refractivity contribution >= 4 is 38.4 Å². The topological polar surface area (TPSA) is 12.9 Å². The standard InChI is InChI=1S/C10H7BrClN/c1-6-4-7-5-8(11)2-3-9(7)13-10(6)12/h2-5H,1H3. The van der Waals surface area contributed by atoms with Gasteiger partial charge in [0.05, 0.1) is 5.52 Å². The molecule has 1 aromatic carbocycles. The van der Waals surface area contributed by atoms with E-state index in [0.29, 0.717) is 5.15 Å². The van der Waals surface area contributed by atoms with E-state index in [2.05, 4.69) is 20.9 Å². The number of benzene rings is 1. The second-order valence-electron chi connectivity index (χ2n) is 2.93. The molecule has 2 aromatic rings. The maximum atomic E-state index is 5.90. The molecule has 0 unspecified atom stereocenters. The van der Waals surface area contributed by atoms with Crippen LogP contribution in [0.25, 0.3) is 10.9 Å². The lowest BCUT2D eigenvalue weighted by Gasteiger charge is -2.01. The summed E-state index contributed by atoms with van der Waals surface area (Å²) in [6, 6.07) is 7.98. The van der Waals surface area contributed by atoms with Crippen molar-refractivity contribution in [1.82, 2.24) is 4.98 Å². The number of fused-ring (bicyclic) bond motifs is 1. The maximum absolute atomic E-state index is 5.90. The smallest absolute Gasteiger partial charge is 0.132 e. The fourth-order valence-electron chi connectivity index (χ4n) is 1.23. The van der Waals surface area contributed by atoms with Gasteiger partial charge in [0.25, 0.3) is 0 Å². The summed E-state index contributed by atoms with van der Waals surface area (Å²) in [5.74, 6) is 0. The van der Waals surface area contributed by atoms with Gasteiger partial charge in [0.1, 0.15) is 5.15 Å². The molecule has 0 aliphatic heterocycles. The molecule has 0 bridgehead atoms. The fraction of sp³-hybridized carbons (Fsp3) is 0.100. The van der Waals surface area contributed by atoms with Crippen LogP contribution in [0.4, 0.5) is 0 Å². The average Bonchev–Trinajstić information content (AvgIpc) is 2.08. The Morgan fingerprint density at radius 3 is 2.85 bits per heavy atom. The van der Waals surface area contributed by atoms with Crippen molar-refractivity contribution in [3.8, 4) is 0 Å².